The normalized spacial score (nSPS) is 44.4. The highest BCUT2D eigenvalue weighted by atomic mass is 16.3. The molecule has 0 aromatic heterocycles. The van der Waals surface area contributed by atoms with E-state index in [-0.39, 0.29) is 0 Å². The van der Waals surface area contributed by atoms with E-state index in [1.807, 2.05) is 0 Å². The van der Waals surface area contributed by atoms with Gasteiger partial charge in [0.1, 0.15) is 0 Å². The Labute approximate surface area is 40.0 Å². The second-order valence-corrected chi connectivity index (χ2v) is 0.525. The van der Waals surface area contributed by atoms with Crippen LogP contribution in [-0.2, 0) is 0 Å². The van der Waals surface area contributed by atoms with E-state index in [1.54, 1.807) is 0 Å². The molecule has 32 valence electrons. The average molecular weight is 81.1 g/mol. The predicted molar refractivity (Wildman–Crippen MR) is 20.7 cm³/mol. The highest BCUT2D eigenvalue weighted by Gasteiger charge is 1.81. The minimum Gasteiger partial charge on any atom is -0.395 e. The van der Waals surface area contributed by atoms with Crippen LogP contribution in [-0.4, -0.2) is 17.7 Å². The van der Waals surface area contributed by atoms with Crippen molar-refractivity contribution in [1.29, 1.82) is 0 Å². The Bertz CT molecular complexity index is 129. The summed E-state index contributed by atoms with van der Waals surface area (Å²) in [6, 6.07) is -2.99. The minimum atomic E-state index is -3.24. The molecular formula is C3H9NO. The summed E-state index contributed by atoms with van der Waals surface area (Å²) < 4.78 is 39.7. The summed E-state index contributed by atoms with van der Waals surface area (Å²) in [5, 5.41) is 8.54. The van der Waals surface area contributed by atoms with Gasteiger partial charge >= 0.3 is 0 Å². The fourth-order valence-electron chi connectivity index (χ4n) is 0. The Morgan fingerprint density at radius 3 is 3.40 bits per heavy atom. The zero-order valence-electron chi connectivity index (χ0n) is 8.52. The maximum absolute atomic E-state index is 8.54. The van der Waals surface area contributed by atoms with Crippen LogP contribution >= 0.6 is 0 Å². The maximum atomic E-state index is 8.54. The van der Waals surface area contributed by atoms with Crippen molar-refractivity contribution in [2.24, 2.45) is 5.73 Å². The Kier molecular flexibility index (Phi) is 0.334. The van der Waals surface area contributed by atoms with Crippen molar-refractivity contribution in [2.45, 2.75) is 12.9 Å². The van der Waals surface area contributed by atoms with Gasteiger partial charge in [-0.2, -0.15) is 0 Å². The van der Waals surface area contributed by atoms with Crippen LogP contribution in [0.25, 0.3) is 0 Å². The van der Waals surface area contributed by atoms with Crippen LogP contribution in [0.4, 0.5) is 0 Å². The number of hydrogen-bond acceptors (Lipinski definition) is 2. The second-order valence-electron chi connectivity index (χ2n) is 0.525. The number of hydrogen-bond donors (Lipinski definition) is 2. The van der Waals surface area contributed by atoms with Gasteiger partial charge in [0.15, 0.2) is 0 Å². The topological polar surface area (TPSA) is 46.2 Å². The van der Waals surface area contributed by atoms with E-state index in [2.05, 4.69) is 0 Å². The van der Waals surface area contributed by atoms with Crippen LogP contribution in [0.3, 0.4) is 0 Å². The van der Waals surface area contributed by atoms with Gasteiger partial charge in [-0.15, -0.1) is 0 Å². The van der Waals surface area contributed by atoms with Crippen LogP contribution in [0.1, 0.15) is 15.1 Å². The van der Waals surface area contributed by atoms with E-state index in [1.165, 1.54) is 0 Å². The first-order valence-electron chi connectivity index (χ1n) is 4.01. The molecule has 2 nitrogen and oxygen atoms in total. The van der Waals surface area contributed by atoms with Gasteiger partial charge in [-0.3, -0.25) is 0 Å². The van der Waals surface area contributed by atoms with Gasteiger partial charge in [0, 0.05) is 11.5 Å². The standard InChI is InChI=1S/C3H9NO/c1-3(4)2-5/h3,5H,2,4H2,1H3/t3-/m0/s1/i1D3,2D2,3D. The molecule has 0 unspecified atom stereocenters. The highest BCUT2D eigenvalue weighted by Crippen LogP contribution is 1.62. The molecule has 1 atom stereocenters. The molecule has 0 aliphatic rings. The van der Waals surface area contributed by atoms with Gasteiger partial charge in [-0.1, -0.05) is 0 Å². The molecule has 0 radical (unpaired) electrons. The van der Waals surface area contributed by atoms with Gasteiger partial charge < -0.3 is 10.8 Å². The molecule has 0 heterocycles. The summed E-state index contributed by atoms with van der Waals surface area (Å²) in [4.78, 5) is 0. The van der Waals surface area contributed by atoms with Crippen LogP contribution in [0, 0.1) is 0 Å². The van der Waals surface area contributed by atoms with Crippen LogP contribution in [0.2, 0.25) is 0 Å². The van der Waals surface area contributed by atoms with Crippen molar-refractivity contribution in [2.75, 3.05) is 6.56 Å². The van der Waals surface area contributed by atoms with E-state index < -0.39 is 19.4 Å². The monoisotopic (exact) mass is 81.1 g/mol. The Morgan fingerprint density at radius 1 is 2.80 bits per heavy atom. The Balaban J connectivity index is 4.75. The van der Waals surface area contributed by atoms with Crippen molar-refractivity contribution in [3.05, 3.63) is 0 Å². The molecule has 0 aromatic carbocycles. The maximum Gasteiger partial charge on any atom is 0.0580 e. The molecule has 0 spiro atoms. The third-order valence-corrected chi connectivity index (χ3v) is 0.120. The number of rotatable bonds is 1. The molecule has 0 aliphatic heterocycles. The zero-order chi connectivity index (χ0) is 9.50. The third-order valence-electron chi connectivity index (χ3n) is 0.120. The van der Waals surface area contributed by atoms with Crippen molar-refractivity contribution < 1.29 is 13.3 Å². The van der Waals surface area contributed by atoms with Crippen molar-refractivity contribution in [3.8, 4) is 0 Å². The van der Waals surface area contributed by atoms with Crippen LogP contribution in [0.5, 0.6) is 0 Å². The lowest BCUT2D eigenvalue weighted by Gasteiger charge is -1.91. The molecular weight excluding hydrogens is 66.0 g/mol. The molecule has 5 heavy (non-hydrogen) atoms. The van der Waals surface area contributed by atoms with Gasteiger partial charge in [0.05, 0.1) is 9.30 Å². The summed E-state index contributed by atoms with van der Waals surface area (Å²) in [5.74, 6) is 0. The molecule has 0 amide bonds. The van der Waals surface area contributed by atoms with E-state index in [4.69, 9.17) is 19.1 Å². The highest BCUT2D eigenvalue weighted by molar-refractivity contribution is 4.43. The molecule has 3 N–H and O–H groups in total. The first-order chi connectivity index (χ1) is 4.50. The Morgan fingerprint density at radius 2 is 3.40 bits per heavy atom. The van der Waals surface area contributed by atoms with Crippen LogP contribution in [0.15, 0.2) is 0 Å². The van der Waals surface area contributed by atoms with E-state index in [0.29, 0.717) is 0 Å². The van der Waals surface area contributed by atoms with E-state index in [9.17, 15) is 0 Å². The predicted octanol–water partition coefficient (Wildman–Crippen LogP) is -0.674. The van der Waals surface area contributed by atoms with Crippen molar-refractivity contribution in [3.63, 3.8) is 0 Å². The van der Waals surface area contributed by atoms with Gasteiger partial charge in [-0.25, -0.2) is 0 Å². The summed E-state index contributed by atoms with van der Waals surface area (Å²) in [6.07, 6.45) is 0. The summed E-state index contributed by atoms with van der Waals surface area (Å²) in [6.45, 7) is -6.29. The number of nitrogens with two attached hydrogens (primary N) is 1. The molecule has 0 fully saturated rings. The Hall–Kier alpha value is -0.0800. The van der Waals surface area contributed by atoms with Crippen molar-refractivity contribution >= 4 is 0 Å². The zero-order valence-corrected chi connectivity index (χ0v) is 2.52. The fraction of sp³-hybridized carbons (Fsp3) is 1.00. The van der Waals surface area contributed by atoms with Crippen LogP contribution < -0.4 is 5.73 Å². The summed E-state index contributed by atoms with van der Waals surface area (Å²) in [5.41, 5.74) is 4.75. The largest absolute Gasteiger partial charge is 0.395 e. The number of aliphatic hydroxyl groups is 1. The molecule has 0 rings (SSSR count). The lowest BCUT2D eigenvalue weighted by Crippen LogP contribution is -2.18. The minimum absolute atomic E-state index is 2.99. The first-order valence-corrected chi connectivity index (χ1v) is 1.01. The van der Waals surface area contributed by atoms with E-state index in [0.717, 1.165) is 0 Å². The molecule has 0 saturated heterocycles. The first kappa shape index (κ1) is 0.768. The van der Waals surface area contributed by atoms with Gasteiger partial charge in [-0.05, 0) is 6.85 Å². The summed E-state index contributed by atoms with van der Waals surface area (Å²) in [7, 11) is 0. The average Bonchev–Trinajstić information content (AvgIpc) is 1.58. The fourth-order valence-corrected chi connectivity index (χ4v) is 0. The molecule has 0 aromatic rings. The second kappa shape index (κ2) is 2.18. The quantitative estimate of drug-likeness (QED) is 0.439. The van der Waals surface area contributed by atoms with Gasteiger partial charge in [0.2, 0.25) is 0 Å². The van der Waals surface area contributed by atoms with Gasteiger partial charge in [0.25, 0.3) is 0 Å². The SMILES string of the molecule is [2H]C([2H])([2H])[C@]([2H])(N)C([2H])([2H])O. The van der Waals surface area contributed by atoms with Crippen molar-refractivity contribution in [1.82, 2.24) is 0 Å². The lowest BCUT2D eigenvalue weighted by atomic mass is 10.4. The molecule has 2 heteroatoms. The molecule has 0 saturated carbocycles. The molecule has 0 bridgehead atoms. The summed E-state index contributed by atoms with van der Waals surface area (Å²) >= 11 is 0. The van der Waals surface area contributed by atoms with E-state index >= 15 is 0 Å². The third kappa shape index (κ3) is 3.92. The lowest BCUT2D eigenvalue weighted by molar-refractivity contribution is 0.273. The molecule has 0 aliphatic carbocycles. The smallest absolute Gasteiger partial charge is 0.0580 e.